The number of nitrogen functional groups attached to an aromatic ring is 1. The molecule has 0 unspecified atom stereocenters. The van der Waals surface area contributed by atoms with Gasteiger partial charge in [-0.25, -0.2) is 4.79 Å². The monoisotopic (exact) mass is 343 g/mol. The number of carbonyl (C=O) groups excluding carboxylic acids is 2. The van der Waals surface area contributed by atoms with Gasteiger partial charge in [-0.2, -0.15) is 0 Å². The first kappa shape index (κ1) is 15.8. The number of carbonyl (C=O) groups is 3. The highest BCUT2D eigenvalue weighted by Crippen LogP contribution is 2.37. The van der Waals surface area contributed by atoms with Crippen LogP contribution in [0.25, 0.3) is 11.1 Å². The molecule has 0 aliphatic heterocycles. The summed E-state index contributed by atoms with van der Waals surface area (Å²) in [5, 5.41) is 9.56. The van der Waals surface area contributed by atoms with Crippen LogP contribution in [0.5, 0.6) is 0 Å². The zero-order chi connectivity index (χ0) is 18.4. The molecular formula is C21H13NO4. The molecule has 0 fully saturated rings. The first-order valence-electron chi connectivity index (χ1n) is 7.94. The van der Waals surface area contributed by atoms with Crippen molar-refractivity contribution >= 4 is 23.2 Å². The molecule has 5 nitrogen and oxygen atoms in total. The summed E-state index contributed by atoms with van der Waals surface area (Å²) in [5.74, 6) is -1.74. The van der Waals surface area contributed by atoms with Gasteiger partial charge >= 0.3 is 5.97 Å². The van der Waals surface area contributed by atoms with E-state index in [1.165, 1.54) is 6.07 Å². The lowest BCUT2D eigenvalue weighted by Crippen LogP contribution is -2.22. The van der Waals surface area contributed by atoms with Crippen LogP contribution >= 0.6 is 0 Å². The van der Waals surface area contributed by atoms with Crippen molar-refractivity contribution in [1.29, 1.82) is 0 Å². The summed E-state index contributed by atoms with van der Waals surface area (Å²) in [6.07, 6.45) is 0. The van der Waals surface area contributed by atoms with Gasteiger partial charge in [0.1, 0.15) is 0 Å². The Hall–Kier alpha value is -3.73. The van der Waals surface area contributed by atoms with Crippen LogP contribution in [0.2, 0.25) is 0 Å². The highest BCUT2D eigenvalue weighted by Gasteiger charge is 2.32. The molecule has 1 aliphatic rings. The first-order chi connectivity index (χ1) is 12.5. The Kier molecular flexibility index (Phi) is 3.44. The summed E-state index contributed by atoms with van der Waals surface area (Å²) in [6, 6.07) is 16.2. The third-order valence-electron chi connectivity index (χ3n) is 4.55. The lowest BCUT2D eigenvalue weighted by atomic mass is 9.80. The fourth-order valence-electron chi connectivity index (χ4n) is 3.40. The Morgan fingerprint density at radius 3 is 1.92 bits per heavy atom. The highest BCUT2D eigenvalue weighted by atomic mass is 16.4. The molecule has 4 rings (SSSR count). The van der Waals surface area contributed by atoms with E-state index in [0.717, 1.165) is 0 Å². The second kappa shape index (κ2) is 5.67. The van der Waals surface area contributed by atoms with Crippen LogP contribution in [0.1, 0.15) is 42.2 Å². The number of carboxylic acids is 1. The Balaban J connectivity index is 2.05. The second-order valence-corrected chi connectivity index (χ2v) is 6.01. The van der Waals surface area contributed by atoms with Crippen LogP contribution < -0.4 is 5.73 Å². The van der Waals surface area contributed by atoms with E-state index in [0.29, 0.717) is 22.3 Å². The first-order valence-corrected chi connectivity index (χ1v) is 7.94. The Morgan fingerprint density at radius 1 is 0.692 bits per heavy atom. The Labute approximate surface area is 148 Å². The lowest BCUT2D eigenvalue weighted by Gasteiger charge is -2.21. The van der Waals surface area contributed by atoms with E-state index in [1.807, 2.05) is 0 Å². The maximum atomic E-state index is 13.1. The molecule has 0 bridgehead atoms. The number of ketones is 2. The molecular weight excluding hydrogens is 330 g/mol. The summed E-state index contributed by atoms with van der Waals surface area (Å²) in [4.78, 5) is 37.6. The van der Waals surface area contributed by atoms with Crippen LogP contribution in [0.3, 0.4) is 0 Å². The number of carboxylic acid groups (broad SMARTS) is 1. The maximum absolute atomic E-state index is 13.1. The molecule has 0 aromatic heterocycles. The molecule has 3 aromatic carbocycles. The van der Waals surface area contributed by atoms with E-state index in [2.05, 4.69) is 0 Å². The third kappa shape index (κ3) is 2.14. The zero-order valence-electron chi connectivity index (χ0n) is 13.5. The van der Waals surface area contributed by atoms with Gasteiger partial charge in [-0.3, -0.25) is 9.59 Å². The SMILES string of the molecule is Nc1cccc(-c2cccc3c2C(=O)c2ccccc2C3=O)c1C(=O)O. The van der Waals surface area contributed by atoms with Gasteiger partial charge in [0.2, 0.25) is 0 Å². The predicted octanol–water partition coefficient (Wildman–Crippen LogP) is 3.41. The normalized spacial score (nSPS) is 12.5. The number of fused-ring (bicyclic) bond motifs is 2. The van der Waals surface area contributed by atoms with Crippen molar-refractivity contribution in [2.24, 2.45) is 0 Å². The molecule has 5 heteroatoms. The topological polar surface area (TPSA) is 97.5 Å². The molecule has 0 amide bonds. The van der Waals surface area contributed by atoms with Crippen LogP contribution in [-0.2, 0) is 0 Å². The van der Waals surface area contributed by atoms with Gasteiger partial charge in [0, 0.05) is 27.9 Å². The molecule has 1 aliphatic carbocycles. The molecule has 0 atom stereocenters. The van der Waals surface area contributed by atoms with Crippen LogP contribution in [0.4, 0.5) is 5.69 Å². The van der Waals surface area contributed by atoms with Gasteiger partial charge in [-0.05, 0) is 17.2 Å². The minimum absolute atomic E-state index is 0.0833. The minimum Gasteiger partial charge on any atom is -0.478 e. The average Bonchev–Trinajstić information content (AvgIpc) is 2.65. The van der Waals surface area contributed by atoms with Crippen LogP contribution in [-0.4, -0.2) is 22.6 Å². The standard InChI is InChI=1S/C21H13NO4/c22-16-10-4-8-12(18(16)21(25)26)11-7-3-9-15-17(11)20(24)14-6-2-1-5-13(14)19(15)23/h1-10H,22H2,(H,25,26). The smallest absolute Gasteiger partial charge is 0.338 e. The van der Waals surface area contributed by atoms with E-state index < -0.39 is 5.97 Å². The molecule has 0 spiro atoms. The van der Waals surface area contributed by atoms with E-state index in [9.17, 15) is 19.5 Å². The van der Waals surface area contributed by atoms with Gasteiger partial charge in [0.25, 0.3) is 0 Å². The van der Waals surface area contributed by atoms with Crippen LogP contribution in [0.15, 0.2) is 60.7 Å². The number of rotatable bonds is 2. The van der Waals surface area contributed by atoms with E-state index in [-0.39, 0.29) is 33.9 Å². The second-order valence-electron chi connectivity index (χ2n) is 6.01. The minimum atomic E-state index is -1.19. The molecule has 0 saturated heterocycles. The number of hydrogen-bond acceptors (Lipinski definition) is 4. The van der Waals surface area contributed by atoms with Crippen molar-refractivity contribution in [1.82, 2.24) is 0 Å². The van der Waals surface area contributed by atoms with Crippen molar-refractivity contribution in [3.05, 3.63) is 88.5 Å². The Bertz CT molecular complexity index is 1110. The fourth-order valence-corrected chi connectivity index (χ4v) is 3.40. The molecule has 0 radical (unpaired) electrons. The highest BCUT2D eigenvalue weighted by molar-refractivity contribution is 6.30. The average molecular weight is 343 g/mol. The van der Waals surface area contributed by atoms with E-state index >= 15 is 0 Å². The predicted molar refractivity (Wildman–Crippen MR) is 96.6 cm³/mol. The van der Waals surface area contributed by atoms with E-state index in [4.69, 9.17) is 5.73 Å². The maximum Gasteiger partial charge on any atom is 0.338 e. The van der Waals surface area contributed by atoms with Crippen molar-refractivity contribution < 1.29 is 19.5 Å². The Morgan fingerprint density at radius 2 is 1.23 bits per heavy atom. The summed E-state index contributed by atoms with van der Waals surface area (Å²) in [5.41, 5.74) is 7.71. The molecule has 0 heterocycles. The summed E-state index contributed by atoms with van der Waals surface area (Å²) in [7, 11) is 0. The molecule has 3 N–H and O–H groups in total. The molecule has 0 saturated carbocycles. The third-order valence-corrected chi connectivity index (χ3v) is 4.55. The number of hydrogen-bond donors (Lipinski definition) is 2. The molecule has 3 aromatic rings. The van der Waals surface area contributed by atoms with Gasteiger partial charge in [0.15, 0.2) is 11.6 Å². The molecule has 26 heavy (non-hydrogen) atoms. The van der Waals surface area contributed by atoms with Crippen molar-refractivity contribution in [3.63, 3.8) is 0 Å². The van der Waals surface area contributed by atoms with Gasteiger partial charge < -0.3 is 10.8 Å². The van der Waals surface area contributed by atoms with Crippen LogP contribution in [0, 0.1) is 0 Å². The lowest BCUT2D eigenvalue weighted by molar-refractivity contribution is 0.0698. The largest absolute Gasteiger partial charge is 0.478 e. The van der Waals surface area contributed by atoms with Gasteiger partial charge in [0.05, 0.1) is 5.56 Å². The zero-order valence-corrected chi connectivity index (χ0v) is 13.5. The quantitative estimate of drug-likeness (QED) is 0.544. The van der Waals surface area contributed by atoms with Gasteiger partial charge in [-0.15, -0.1) is 0 Å². The van der Waals surface area contributed by atoms with E-state index in [1.54, 1.807) is 54.6 Å². The fraction of sp³-hybridized carbons (Fsp3) is 0. The summed E-state index contributed by atoms with van der Waals surface area (Å²) >= 11 is 0. The van der Waals surface area contributed by atoms with Crippen molar-refractivity contribution in [2.75, 3.05) is 5.73 Å². The number of anilines is 1. The van der Waals surface area contributed by atoms with Gasteiger partial charge in [-0.1, -0.05) is 54.6 Å². The molecule has 126 valence electrons. The number of nitrogens with two attached hydrogens (primary N) is 1. The summed E-state index contributed by atoms with van der Waals surface area (Å²) < 4.78 is 0. The van der Waals surface area contributed by atoms with Crippen molar-refractivity contribution in [2.45, 2.75) is 0 Å². The number of benzene rings is 3. The summed E-state index contributed by atoms with van der Waals surface area (Å²) in [6.45, 7) is 0. The number of aromatic carboxylic acids is 1. The van der Waals surface area contributed by atoms with Crippen molar-refractivity contribution in [3.8, 4) is 11.1 Å².